The van der Waals surface area contributed by atoms with Gasteiger partial charge in [0.15, 0.2) is 11.2 Å². The largest absolute Gasteiger partial charge is 0.389 e. The number of benzene rings is 3. The Morgan fingerprint density at radius 3 is 2.43 bits per heavy atom. The molecule has 8 heterocycles. The first kappa shape index (κ1) is 45.1. The zero-order valence-electron chi connectivity index (χ0n) is 37.9. The van der Waals surface area contributed by atoms with Crippen molar-refractivity contribution in [2.24, 2.45) is 5.41 Å². The summed E-state index contributed by atoms with van der Waals surface area (Å²) in [6, 6.07) is 15.1. The molecule has 5 aromatic rings. The topological polar surface area (TPSA) is 185 Å². The van der Waals surface area contributed by atoms with Crippen molar-refractivity contribution in [3.05, 3.63) is 106 Å². The SMILES string of the molecule is O=C1CCC(Nc2ccc(N3CCC(O)(CC(=O)N4CCC5(CC4)CN(c4ccc(-c6cc(F)c7c(c6)C(=O)N(C(C(=O)Nc6nccs6)c6ncn8c6CCC8)C7)cc4)C5)CC3)c(Cl)c2)C(=O)N1. The second kappa shape index (κ2) is 17.9. The van der Waals surface area contributed by atoms with Gasteiger partial charge in [-0.25, -0.2) is 14.4 Å². The fourth-order valence-electron chi connectivity index (χ4n) is 11.1. The predicted molar refractivity (Wildman–Crippen MR) is 258 cm³/mol. The Kier molecular flexibility index (Phi) is 11.7. The highest BCUT2D eigenvalue weighted by molar-refractivity contribution is 7.13. The maximum absolute atomic E-state index is 16.0. The Labute approximate surface area is 406 Å². The molecule has 6 aliphatic rings. The fraction of sp³-hybridized carbons (Fsp3) is 0.420. The van der Waals surface area contributed by atoms with Gasteiger partial charge in [0.1, 0.15) is 11.9 Å². The Hall–Kier alpha value is -6.37. The van der Waals surface area contributed by atoms with Crippen LogP contribution in [0.2, 0.25) is 5.02 Å². The second-order valence-corrected chi connectivity index (χ2v) is 20.8. The summed E-state index contributed by atoms with van der Waals surface area (Å²) >= 11 is 7.97. The monoisotopic (exact) mass is 974 g/mol. The number of nitrogens with one attached hydrogen (secondary N) is 3. The minimum Gasteiger partial charge on any atom is -0.389 e. The van der Waals surface area contributed by atoms with Crippen LogP contribution in [-0.4, -0.2) is 110 Å². The van der Waals surface area contributed by atoms with Crippen LogP contribution >= 0.6 is 22.9 Å². The van der Waals surface area contributed by atoms with Crippen molar-refractivity contribution in [2.75, 3.05) is 59.7 Å². The lowest BCUT2D eigenvalue weighted by molar-refractivity contribution is -0.140. The maximum Gasteiger partial charge on any atom is 0.255 e. The molecule has 2 atom stereocenters. The number of aromatic nitrogens is 3. The van der Waals surface area contributed by atoms with Crippen LogP contribution in [0, 0.1) is 11.2 Å². The molecule has 4 saturated heterocycles. The summed E-state index contributed by atoms with van der Waals surface area (Å²) in [5, 5.41) is 22.6. The molecule has 0 bridgehead atoms. The molecule has 69 heavy (non-hydrogen) atoms. The molecular formula is C50H52ClFN10O6S. The number of imidazole rings is 1. The highest BCUT2D eigenvalue weighted by atomic mass is 35.5. The first-order chi connectivity index (χ1) is 33.3. The van der Waals surface area contributed by atoms with Crippen LogP contribution in [0.1, 0.15) is 84.7 Å². The third-order valence-electron chi connectivity index (χ3n) is 15.1. The van der Waals surface area contributed by atoms with Crippen LogP contribution in [0.25, 0.3) is 11.1 Å². The zero-order valence-corrected chi connectivity index (χ0v) is 39.5. The highest BCUT2D eigenvalue weighted by Gasteiger charge is 2.47. The van der Waals surface area contributed by atoms with E-state index in [4.69, 9.17) is 11.6 Å². The van der Waals surface area contributed by atoms with Crippen LogP contribution in [0.4, 0.5) is 26.6 Å². The Balaban J connectivity index is 0.669. The number of piperidine rings is 3. The van der Waals surface area contributed by atoms with Crippen molar-refractivity contribution in [1.82, 2.24) is 29.7 Å². The van der Waals surface area contributed by atoms with Gasteiger partial charge < -0.3 is 34.6 Å². The van der Waals surface area contributed by atoms with Crippen molar-refractivity contribution in [1.29, 1.82) is 0 Å². The number of likely N-dealkylation sites (tertiary alicyclic amines) is 1. The summed E-state index contributed by atoms with van der Waals surface area (Å²) in [5.74, 6) is -2.01. The molecule has 6 aliphatic heterocycles. The third-order valence-corrected chi connectivity index (χ3v) is 16.1. The molecule has 19 heteroatoms. The predicted octanol–water partition coefficient (Wildman–Crippen LogP) is 6.15. The Morgan fingerprint density at radius 2 is 1.71 bits per heavy atom. The first-order valence-electron chi connectivity index (χ1n) is 23.7. The number of imide groups is 1. The molecule has 16 nitrogen and oxygen atoms in total. The summed E-state index contributed by atoms with van der Waals surface area (Å²) in [6.45, 7) is 4.82. The Morgan fingerprint density at radius 1 is 0.928 bits per heavy atom. The van der Waals surface area contributed by atoms with Gasteiger partial charge in [-0.05, 0) is 98.5 Å². The van der Waals surface area contributed by atoms with E-state index in [1.54, 1.807) is 30.0 Å². The van der Waals surface area contributed by atoms with Crippen LogP contribution in [0.3, 0.4) is 0 Å². The lowest BCUT2D eigenvalue weighted by Gasteiger charge is -2.55. The number of hydrogen-bond donors (Lipinski definition) is 4. The number of hydrogen-bond acceptors (Lipinski definition) is 12. The average molecular weight is 976 g/mol. The number of carbonyl (C=O) groups excluding carboxylic acids is 5. The van der Waals surface area contributed by atoms with Crippen molar-refractivity contribution >= 4 is 74.7 Å². The van der Waals surface area contributed by atoms with E-state index in [-0.39, 0.29) is 53.6 Å². The number of amides is 5. The lowest BCUT2D eigenvalue weighted by Crippen LogP contribution is -2.61. The number of anilines is 4. The molecule has 11 rings (SSSR count). The number of halogens is 2. The normalized spacial score (nSPS) is 20.9. The quantitative estimate of drug-likeness (QED) is 0.111. The van der Waals surface area contributed by atoms with E-state index in [2.05, 4.69) is 35.7 Å². The van der Waals surface area contributed by atoms with Crippen molar-refractivity contribution in [2.45, 2.75) is 88.6 Å². The van der Waals surface area contributed by atoms with Gasteiger partial charge in [-0.1, -0.05) is 23.7 Å². The molecule has 0 radical (unpaired) electrons. The van der Waals surface area contributed by atoms with E-state index < -0.39 is 35.3 Å². The summed E-state index contributed by atoms with van der Waals surface area (Å²) in [6.07, 6.45) is 8.33. The van der Waals surface area contributed by atoms with E-state index in [9.17, 15) is 29.1 Å². The molecule has 3 aromatic carbocycles. The van der Waals surface area contributed by atoms with Gasteiger partial charge in [-0.3, -0.25) is 34.6 Å². The highest BCUT2D eigenvalue weighted by Crippen LogP contribution is 2.44. The van der Waals surface area contributed by atoms with Gasteiger partial charge in [0.2, 0.25) is 17.7 Å². The molecular weight excluding hydrogens is 923 g/mol. The standard InChI is InChI=1S/C50H52ClFN10O6S/c51-36-24-32(55-38-8-10-41(63)56-45(38)65)5-9-39(36)58-19-13-50(68,14-20-58)25-42(64)59-17-11-49(12-18-59)27-61(28-49)33-6-3-30(4-7-33)31-22-34-35(37(52)23-31)26-62(47(34)67)44(46(66)57-48-53-15-21-69-48)43-40-2-1-16-60(40)29-54-43/h3-7,9,15,21-24,29,38,44,55,68H,1-2,8,10-14,16-20,25-28H2,(H,53,57,66)(H,56,63,65). The van der Waals surface area contributed by atoms with Crippen molar-refractivity contribution < 1.29 is 33.5 Å². The molecule has 0 saturated carbocycles. The smallest absolute Gasteiger partial charge is 0.255 e. The van der Waals surface area contributed by atoms with E-state index in [1.807, 2.05) is 45.9 Å². The van der Waals surface area contributed by atoms with Gasteiger partial charge in [0, 0.05) is 97.4 Å². The third kappa shape index (κ3) is 8.71. The second-order valence-electron chi connectivity index (χ2n) is 19.5. The molecule has 0 aliphatic carbocycles. The Bertz CT molecular complexity index is 2850. The number of aliphatic hydroxyl groups is 1. The van der Waals surface area contributed by atoms with E-state index in [0.29, 0.717) is 72.5 Å². The minimum atomic E-state index is -1.10. The zero-order chi connectivity index (χ0) is 47.6. The van der Waals surface area contributed by atoms with E-state index in [0.717, 1.165) is 67.9 Å². The summed E-state index contributed by atoms with van der Waals surface area (Å²) < 4.78 is 18.0. The van der Waals surface area contributed by atoms with Gasteiger partial charge in [-0.2, -0.15) is 0 Å². The van der Waals surface area contributed by atoms with E-state index in [1.165, 1.54) is 22.3 Å². The number of aryl methyl sites for hydroxylation is 1. The summed E-state index contributed by atoms with van der Waals surface area (Å²) in [7, 11) is 0. The number of nitrogens with zero attached hydrogens (tertiary/aromatic N) is 7. The molecule has 1 spiro atoms. The fourth-order valence-corrected chi connectivity index (χ4v) is 12.0. The van der Waals surface area contributed by atoms with Gasteiger partial charge in [-0.15, -0.1) is 11.3 Å². The van der Waals surface area contributed by atoms with Crippen LogP contribution in [-0.2, 0) is 38.7 Å². The molecule has 358 valence electrons. The lowest BCUT2D eigenvalue weighted by atomic mass is 9.71. The average Bonchev–Trinajstić information content (AvgIpc) is 4.15. The molecule has 2 aromatic heterocycles. The number of carbonyl (C=O) groups is 5. The van der Waals surface area contributed by atoms with Crippen LogP contribution in [0.5, 0.6) is 0 Å². The first-order valence-corrected chi connectivity index (χ1v) is 24.9. The number of fused-ring (bicyclic) bond motifs is 2. The van der Waals surface area contributed by atoms with Crippen LogP contribution in [0.15, 0.2) is 72.5 Å². The van der Waals surface area contributed by atoms with Crippen molar-refractivity contribution in [3.63, 3.8) is 0 Å². The molecule has 4 fully saturated rings. The number of thiazole rings is 1. The van der Waals surface area contributed by atoms with E-state index >= 15 is 4.39 Å². The summed E-state index contributed by atoms with van der Waals surface area (Å²) in [4.78, 5) is 81.9. The molecule has 2 unspecified atom stereocenters. The van der Waals surface area contributed by atoms with Gasteiger partial charge in [0.05, 0.1) is 41.3 Å². The van der Waals surface area contributed by atoms with Gasteiger partial charge >= 0.3 is 0 Å². The van der Waals surface area contributed by atoms with Gasteiger partial charge in [0.25, 0.3) is 11.8 Å². The maximum atomic E-state index is 16.0. The number of rotatable bonds is 11. The summed E-state index contributed by atoms with van der Waals surface area (Å²) in [5.41, 5.74) is 4.79. The molecule has 4 N–H and O–H groups in total. The minimum absolute atomic E-state index is 0.0230. The molecule has 5 amide bonds. The van der Waals surface area contributed by atoms with Crippen LogP contribution < -0.4 is 25.8 Å². The van der Waals surface area contributed by atoms with Crippen molar-refractivity contribution in [3.8, 4) is 11.1 Å².